The normalized spacial score (nSPS) is 8.48. The standard InChI is InChI=1S/C6H6.5C6H14.C5H5N.2C4H4N2.C3H4N2.5C3H8.5C2H6/c1-2-4-6-5-3-1;5*1-5-6(2,3)4;1-2-4-6-5-3-1;1-2-6-4-3-5-1;1-2-5-4-6-3-1;1-2-5-3-4-1;5*1-3-2;5*1-2/h1-6H;5*5H2,1-4H3;1-5H;2*1-4H;1-3H,(H,4,5);5*3H2,1-2H3;5*1-2H3. The van der Waals surface area contributed by atoms with E-state index in [-0.39, 0.29) is 0 Å². The first kappa shape index (κ1) is 118. The van der Waals surface area contributed by atoms with Crippen LogP contribution in [0, 0.1) is 27.1 Å². The van der Waals surface area contributed by atoms with Crippen LogP contribution in [0.4, 0.5) is 0 Å². The van der Waals surface area contributed by atoms with Crippen molar-refractivity contribution in [1.29, 1.82) is 0 Å². The van der Waals surface area contributed by atoms with Gasteiger partial charge in [0.1, 0.15) is 6.33 Å². The number of aromatic nitrogens is 7. The average Bonchev–Trinajstić information content (AvgIpc) is 4.10. The van der Waals surface area contributed by atoms with E-state index in [1.165, 1.54) is 70.5 Å². The molecule has 0 unspecified atom stereocenters. The van der Waals surface area contributed by atoms with Crippen molar-refractivity contribution in [3.8, 4) is 0 Å². The molecule has 506 valence electrons. The molecule has 0 amide bonds. The largest absolute Gasteiger partial charge is 0.351 e. The molecule has 0 aliphatic heterocycles. The van der Waals surface area contributed by atoms with Crippen LogP contribution in [-0.2, 0) is 0 Å². The minimum atomic E-state index is 0.542. The van der Waals surface area contributed by atoms with E-state index in [4.69, 9.17) is 0 Å². The first-order valence-electron chi connectivity index (χ1n) is 33.6. The summed E-state index contributed by atoms with van der Waals surface area (Å²) < 4.78 is 0. The molecule has 4 heterocycles. The second kappa shape index (κ2) is 114. The highest BCUT2D eigenvalue weighted by Crippen LogP contribution is 2.18. The van der Waals surface area contributed by atoms with E-state index in [1.54, 1.807) is 74.4 Å². The van der Waals surface area contributed by atoms with Crippen LogP contribution < -0.4 is 0 Å². The van der Waals surface area contributed by atoms with Gasteiger partial charge < -0.3 is 4.98 Å². The molecule has 84 heavy (non-hydrogen) atoms. The lowest BCUT2D eigenvalue weighted by molar-refractivity contribution is 0.397. The molecule has 0 atom stereocenters. The van der Waals surface area contributed by atoms with Crippen LogP contribution in [0.2, 0.25) is 0 Å². The number of rotatable bonds is 0. The van der Waals surface area contributed by atoms with Crippen LogP contribution in [0.25, 0.3) is 0 Å². The first-order chi connectivity index (χ1) is 39.4. The summed E-state index contributed by atoms with van der Waals surface area (Å²) in [6.07, 6.45) is 32.6. The lowest BCUT2D eigenvalue weighted by Crippen LogP contribution is -2.00. The molecule has 7 nitrogen and oxygen atoms in total. The zero-order valence-corrected chi connectivity index (χ0v) is 65.5. The topological polar surface area (TPSA) is 93.1 Å². The second-order valence-electron chi connectivity index (χ2n) is 22.8. The average molecular weight is 1190 g/mol. The summed E-state index contributed by atoms with van der Waals surface area (Å²) >= 11 is 0. The third kappa shape index (κ3) is 290. The smallest absolute Gasteiger partial charge is 0.115 e. The van der Waals surface area contributed by atoms with E-state index in [0.29, 0.717) is 27.1 Å². The maximum atomic E-state index is 3.78. The van der Waals surface area contributed by atoms with E-state index >= 15 is 0 Å². The summed E-state index contributed by atoms with van der Waals surface area (Å²) in [6, 6.07) is 19.5. The molecule has 0 radical (unpaired) electrons. The summed E-state index contributed by atoms with van der Waals surface area (Å²) in [4.78, 5) is 25.0. The summed E-state index contributed by atoms with van der Waals surface area (Å²) in [5, 5.41) is 0. The molecule has 0 bridgehead atoms. The highest BCUT2D eigenvalue weighted by atomic mass is 14.8. The van der Waals surface area contributed by atoms with Gasteiger partial charge in [0.15, 0.2) is 0 Å². The molecule has 0 saturated heterocycles. The van der Waals surface area contributed by atoms with E-state index in [9.17, 15) is 0 Å². The third-order valence-corrected chi connectivity index (χ3v) is 7.90. The molecule has 0 aliphatic rings. The molecular formula is C77H163N7. The Kier molecular flexibility index (Phi) is 159. The van der Waals surface area contributed by atoms with Gasteiger partial charge in [0.25, 0.3) is 0 Å². The summed E-state index contributed by atoms with van der Waals surface area (Å²) in [6.45, 7) is 85.9. The Morgan fingerprint density at radius 2 is 0.393 bits per heavy atom. The van der Waals surface area contributed by atoms with Gasteiger partial charge in [-0.3, -0.25) is 15.0 Å². The predicted molar refractivity (Wildman–Crippen MR) is 399 cm³/mol. The van der Waals surface area contributed by atoms with Crippen LogP contribution in [0.3, 0.4) is 0 Å². The monoisotopic (exact) mass is 1190 g/mol. The molecule has 4 aromatic heterocycles. The van der Waals surface area contributed by atoms with Gasteiger partial charge in [-0.15, -0.1) is 0 Å². The maximum absolute atomic E-state index is 3.78. The van der Waals surface area contributed by atoms with Gasteiger partial charge in [0, 0.05) is 62.0 Å². The molecule has 5 rings (SSSR count). The molecule has 1 N–H and O–H groups in total. The molecule has 0 spiro atoms. The van der Waals surface area contributed by atoms with Gasteiger partial charge in [-0.05, 0) is 45.3 Å². The minimum Gasteiger partial charge on any atom is -0.351 e. The van der Waals surface area contributed by atoms with Gasteiger partial charge in [-0.2, -0.15) is 0 Å². The second-order valence-corrected chi connectivity index (χ2v) is 22.8. The van der Waals surface area contributed by atoms with Gasteiger partial charge in [-0.25, -0.2) is 15.0 Å². The number of aromatic amines is 1. The molecule has 0 fully saturated rings. The van der Waals surface area contributed by atoms with E-state index in [1.807, 2.05) is 124 Å². The van der Waals surface area contributed by atoms with Crippen LogP contribution in [0.1, 0.15) is 341 Å². The van der Waals surface area contributed by atoms with Crippen molar-refractivity contribution in [2.45, 2.75) is 341 Å². The van der Waals surface area contributed by atoms with Gasteiger partial charge >= 0.3 is 0 Å². The van der Waals surface area contributed by atoms with Crippen molar-refractivity contribution in [3.63, 3.8) is 0 Å². The molecular weight excluding hydrogens is 1020 g/mol. The Labute approximate surface area is 535 Å². The fourth-order valence-electron chi connectivity index (χ4n) is 1.42. The third-order valence-electron chi connectivity index (χ3n) is 7.90. The summed E-state index contributed by atoms with van der Waals surface area (Å²) in [7, 11) is 0. The number of nitrogens with zero attached hydrogens (tertiary/aromatic N) is 6. The molecule has 5 aromatic rings. The Bertz CT molecular complexity index is 1110. The number of nitrogens with one attached hydrogen (secondary N) is 1. The predicted octanol–water partition coefficient (Wildman–Crippen LogP) is 28.6. The number of benzene rings is 1. The molecule has 0 aliphatic carbocycles. The number of H-pyrrole nitrogens is 1. The van der Waals surface area contributed by atoms with E-state index in [0.717, 1.165) is 0 Å². The van der Waals surface area contributed by atoms with Crippen molar-refractivity contribution in [3.05, 3.63) is 135 Å². The maximum Gasteiger partial charge on any atom is 0.115 e. The summed E-state index contributed by atoms with van der Waals surface area (Å²) in [5.74, 6) is 0. The molecule has 7 heteroatoms. The minimum absolute atomic E-state index is 0.542. The Balaban J connectivity index is -0.0000000465. The lowest BCUT2D eigenvalue weighted by Gasteiger charge is -2.12. The van der Waals surface area contributed by atoms with Crippen molar-refractivity contribution >= 4 is 0 Å². The number of hydrogen-bond acceptors (Lipinski definition) is 6. The van der Waals surface area contributed by atoms with E-state index in [2.05, 4.69) is 243 Å². The summed E-state index contributed by atoms with van der Waals surface area (Å²) in [5.41, 5.74) is 2.71. The molecule has 0 saturated carbocycles. The van der Waals surface area contributed by atoms with Crippen LogP contribution in [-0.4, -0.2) is 34.9 Å². The van der Waals surface area contributed by atoms with Crippen LogP contribution in [0.15, 0.2) is 135 Å². The fraction of sp³-hybridized carbons (Fsp3) is 0.714. The number of imidazole rings is 1. The fourth-order valence-corrected chi connectivity index (χ4v) is 1.42. The quantitative estimate of drug-likeness (QED) is 0.166. The highest BCUT2D eigenvalue weighted by Gasteiger charge is 2.05. The SMILES string of the molecule is CC.CC.CC.CC.CC.CCC.CCC.CCC.CCC.CCC.CCC(C)(C)C.CCC(C)(C)C.CCC(C)(C)C.CCC(C)(C)C.CCC(C)(C)C.c1c[nH]cn1.c1ccccc1.c1ccncc1.c1cnccn1.c1cncnc1. The Morgan fingerprint density at radius 1 is 0.226 bits per heavy atom. The highest BCUT2D eigenvalue weighted by molar-refractivity contribution is 4.99. The zero-order chi connectivity index (χ0) is 70.1. The first-order valence-corrected chi connectivity index (χ1v) is 33.6. The molecule has 1 aromatic carbocycles. The van der Waals surface area contributed by atoms with Crippen molar-refractivity contribution < 1.29 is 0 Å². The van der Waals surface area contributed by atoms with Crippen molar-refractivity contribution in [2.75, 3.05) is 0 Å². The van der Waals surface area contributed by atoms with Crippen LogP contribution in [0.5, 0.6) is 0 Å². The lowest BCUT2D eigenvalue weighted by atomic mass is 9.94. The van der Waals surface area contributed by atoms with Crippen molar-refractivity contribution in [2.24, 2.45) is 27.1 Å². The zero-order valence-electron chi connectivity index (χ0n) is 65.5. The van der Waals surface area contributed by atoms with Gasteiger partial charge in [0.2, 0.25) is 0 Å². The number of hydrogen-bond donors (Lipinski definition) is 1. The Morgan fingerprint density at radius 3 is 0.452 bits per heavy atom. The van der Waals surface area contributed by atoms with Gasteiger partial charge in [0.05, 0.1) is 6.33 Å². The van der Waals surface area contributed by atoms with Crippen molar-refractivity contribution in [1.82, 2.24) is 34.9 Å². The number of pyridine rings is 1. The van der Waals surface area contributed by atoms with Crippen LogP contribution >= 0.6 is 0 Å². The van der Waals surface area contributed by atoms with Gasteiger partial charge in [-0.1, -0.05) is 384 Å². The van der Waals surface area contributed by atoms with E-state index < -0.39 is 0 Å². The Hall–Kier alpha value is -4.26.